The normalized spacial score (nSPS) is 21.3. The maximum Gasteiger partial charge on any atom is 0.306 e. The van der Waals surface area contributed by atoms with Crippen molar-refractivity contribution in [3.63, 3.8) is 0 Å². The second kappa shape index (κ2) is 7.68. The molecule has 1 aliphatic rings. The van der Waals surface area contributed by atoms with E-state index in [1.807, 2.05) is 6.07 Å². The highest BCUT2D eigenvalue weighted by molar-refractivity contribution is 5.81. The minimum atomic E-state index is -0.732. The van der Waals surface area contributed by atoms with Gasteiger partial charge in [-0.2, -0.15) is 0 Å². The summed E-state index contributed by atoms with van der Waals surface area (Å²) < 4.78 is 1.35. The molecule has 1 fully saturated rings. The van der Waals surface area contributed by atoms with Gasteiger partial charge in [0.15, 0.2) is 0 Å². The van der Waals surface area contributed by atoms with E-state index in [4.69, 9.17) is 5.11 Å². The molecular formula is C19H23N3O4. The molecule has 1 saturated carbocycles. The Labute approximate surface area is 151 Å². The zero-order valence-corrected chi connectivity index (χ0v) is 14.7. The van der Waals surface area contributed by atoms with Crippen LogP contribution in [0.25, 0.3) is 10.9 Å². The Hall–Kier alpha value is -2.70. The number of hydrogen-bond donors (Lipinski definition) is 2. The second-order valence-electron chi connectivity index (χ2n) is 6.95. The third-order valence-corrected chi connectivity index (χ3v) is 5.25. The molecule has 0 aliphatic heterocycles. The van der Waals surface area contributed by atoms with E-state index >= 15 is 0 Å². The Balaban J connectivity index is 1.61. The summed E-state index contributed by atoms with van der Waals surface area (Å²) in [6.45, 7) is 2.18. The van der Waals surface area contributed by atoms with E-state index in [1.165, 1.54) is 10.9 Å². The minimum Gasteiger partial charge on any atom is -0.481 e. The van der Waals surface area contributed by atoms with E-state index in [9.17, 15) is 14.4 Å². The fourth-order valence-corrected chi connectivity index (χ4v) is 3.49. The first-order chi connectivity index (χ1) is 12.5. The fraction of sp³-hybridized carbons (Fsp3) is 0.474. The molecule has 2 N–H and O–H groups in total. The molecule has 1 unspecified atom stereocenters. The zero-order valence-electron chi connectivity index (χ0n) is 14.7. The molecule has 3 rings (SSSR count). The molecular weight excluding hydrogens is 334 g/mol. The van der Waals surface area contributed by atoms with Crippen molar-refractivity contribution in [3.05, 3.63) is 40.9 Å². The lowest BCUT2D eigenvalue weighted by Gasteiger charge is -2.26. The van der Waals surface area contributed by atoms with Crippen LogP contribution in [0.3, 0.4) is 0 Å². The number of carbonyl (C=O) groups is 2. The smallest absolute Gasteiger partial charge is 0.306 e. The molecule has 7 heteroatoms. The van der Waals surface area contributed by atoms with E-state index in [2.05, 4.69) is 10.3 Å². The zero-order chi connectivity index (χ0) is 18.7. The van der Waals surface area contributed by atoms with Crippen LogP contribution in [0.1, 0.15) is 38.6 Å². The molecule has 1 aliphatic carbocycles. The highest BCUT2D eigenvalue weighted by atomic mass is 16.4. The predicted molar refractivity (Wildman–Crippen MR) is 96.8 cm³/mol. The van der Waals surface area contributed by atoms with Gasteiger partial charge in [-0.15, -0.1) is 0 Å². The number of carboxylic acid groups (broad SMARTS) is 1. The van der Waals surface area contributed by atoms with Crippen LogP contribution in [-0.4, -0.2) is 33.1 Å². The number of fused-ring (bicyclic) bond motifs is 1. The van der Waals surface area contributed by atoms with Crippen LogP contribution >= 0.6 is 0 Å². The highest BCUT2D eigenvalue weighted by Gasteiger charge is 2.26. The van der Waals surface area contributed by atoms with Crippen LogP contribution < -0.4 is 10.9 Å². The van der Waals surface area contributed by atoms with Crippen molar-refractivity contribution in [3.8, 4) is 0 Å². The number of hydrogen-bond acceptors (Lipinski definition) is 4. The summed E-state index contributed by atoms with van der Waals surface area (Å²) in [6, 6.07) is 6.39. The van der Waals surface area contributed by atoms with Crippen LogP contribution in [-0.2, 0) is 9.59 Å². The Bertz CT molecular complexity index is 868. The van der Waals surface area contributed by atoms with Crippen LogP contribution in [0.4, 0.5) is 0 Å². The second-order valence-corrected chi connectivity index (χ2v) is 6.95. The number of para-hydroxylation sites is 1. The first-order valence-corrected chi connectivity index (χ1v) is 8.93. The number of rotatable bonds is 5. The third kappa shape index (κ3) is 3.76. The molecule has 2 aromatic rings. The number of aliphatic carboxylic acids is 1. The first-order valence-electron chi connectivity index (χ1n) is 8.93. The Morgan fingerprint density at radius 2 is 1.96 bits per heavy atom. The van der Waals surface area contributed by atoms with Crippen LogP contribution in [0.5, 0.6) is 0 Å². The lowest BCUT2D eigenvalue weighted by molar-refractivity contribution is -0.143. The molecule has 0 bridgehead atoms. The van der Waals surface area contributed by atoms with Gasteiger partial charge in [-0.05, 0) is 50.7 Å². The van der Waals surface area contributed by atoms with E-state index in [-0.39, 0.29) is 23.3 Å². The standard InChI is InChI=1S/C19H23N3O4/c1-12(22-11-21-16-5-3-2-4-15(16)18(22)24)17(23)20-10-13-6-8-14(9-7-13)19(25)26/h2-5,11-14H,6-10H2,1H3,(H,20,23)(H,25,26). The van der Waals surface area contributed by atoms with Crippen molar-refractivity contribution in [2.24, 2.45) is 11.8 Å². The monoisotopic (exact) mass is 357 g/mol. The molecule has 1 aromatic carbocycles. The van der Waals surface area contributed by atoms with E-state index in [0.717, 1.165) is 12.8 Å². The van der Waals surface area contributed by atoms with E-state index < -0.39 is 12.0 Å². The number of amides is 1. The quantitative estimate of drug-likeness (QED) is 0.852. The van der Waals surface area contributed by atoms with Crippen molar-refractivity contribution in [1.82, 2.24) is 14.9 Å². The molecule has 7 nitrogen and oxygen atoms in total. The van der Waals surface area contributed by atoms with Crippen molar-refractivity contribution in [1.29, 1.82) is 0 Å². The molecule has 26 heavy (non-hydrogen) atoms. The van der Waals surface area contributed by atoms with Crippen molar-refractivity contribution in [2.45, 2.75) is 38.6 Å². The number of aromatic nitrogens is 2. The maximum absolute atomic E-state index is 12.6. The average Bonchev–Trinajstić information content (AvgIpc) is 2.66. The van der Waals surface area contributed by atoms with Gasteiger partial charge in [-0.3, -0.25) is 19.0 Å². The first kappa shape index (κ1) is 18.1. The predicted octanol–water partition coefficient (Wildman–Crippen LogP) is 1.96. The van der Waals surface area contributed by atoms with Gasteiger partial charge >= 0.3 is 5.97 Å². The maximum atomic E-state index is 12.6. The molecule has 1 amide bonds. The van der Waals surface area contributed by atoms with Gasteiger partial charge in [0, 0.05) is 6.54 Å². The Morgan fingerprint density at radius 3 is 2.65 bits per heavy atom. The summed E-state index contributed by atoms with van der Waals surface area (Å²) in [5, 5.41) is 12.4. The van der Waals surface area contributed by atoms with Crippen LogP contribution in [0, 0.1) is 11.8 Å². The summed E-state index contributed by atoms with van der Waals surface area (Å²) in [6.07, 6.45) is 4.30. The fourth-order valence-electron chi connectivity index (χ4n) is 3.49. The SMILES string of the molecule is CC(C(=O)NCC1CCC(C(=O)O)CC1)n1cnc2ccccc2c1=O. The van der Waals surface area contributed by atoms with Crippen molar-refractivity contribution >= 4 is 22.8 Å². The topological polar surface area (TPSA) is 101 Å². The van der Waals surface area contributed by atoms with Crippen molar-refractivity contribution in [2.75, 3.05) is 6.54 Å². The highest BCUT2D eigenvalue weighted by Crippen LogP contribution is 2.28. The van der Waals surface area contributed by atoms with Gasteiger partial charge < -0.3 is 10.4 Å². The van der Waals surface area contributed by atoms with Crippen molar-refractivity contribution < 1.29 is 14.7 Å². The lowest BCUT2D eigenvalue weighted by atomic mass is 9.82. The molecule has 0 saturated heterocycles. The third-order valence-electron chi connectivity index (χ3n) is 5.25. The van der Waals surface area contributed by atoms with Gasteiger partial charge in [0.2, 0.25) is 5.91 Å². The largest absolute Gasteiger partial charge is 0.481 e. The number of nitrogens with zero attached hydrogens (tertiary/aromatic N) is 2. The molecule has 1 atom stereocenters. The van der Waals surface area contributed by atoms with Gasteiger partial charge in [0.05, 0.1) is 23.1 Å². The Kier molecular flexibility index (Phi) is 5.35. The number of carboxylic acids is 1. The number of nitrogens with one attached hydrogen (secondary N) is 1. The van der Waals surface area contributed by atoms with E-state index in [1.54, 1.807) is 25.1 Å². The van der Waals surface area contributed by atoms with Crippen LogP contribution in [0.15, 0.2) is 35.4 Å². The summed E-state index contributed by atoms with van der Waals surface area (Å²) in [5.74, 6) is -0.940. The molecule has 1 aromatic heterocycles. The minimum absolute atomic E-state index is 0.232. The summed E-state index contributed by atoms with van der Waals surface area (Å²) >= 11 is 0. The van der Waals surface area contributed by atoms with Gasteiger partial charge in [-0.1, -0.05) is 12.1 Å². The molecule has 0 spiro atoms. The lowest BCUT2D eigenvalue weighted by Crippen LogP contribution is -2.39. The molecule has 138 valence electrons. The molecule has 1 heterocycles. The van der Waals surface area contributed by atoms with E-state index in [0.29, 0.717) is 30.3 Å². The molecule has 0 radical (unpaired) electrons. The van der Waals surface area contributed by atoms with Crippen LogP contribution in [0.2, 0.25) is 0 Å². The summed E-state index contributed by atoms with van der Waals surface area (Å²) in [7, 11) is 0. The van der Waals surface area contributed by atoms with Gasteiger partial charge in [0.25, 0.3) is 5.56 Å². The number of benzene rings is 1. The number of carbonyl (C=O) groups excluding carboxylic acids is 1. The van der Waals surface area contributed by atoms with Gasteiger partial charge in [0.1, 0.15) is 6.04 Å². The van der Waals surface area contributed by atoms with Gasteiger partial charge in [-0.25, -0.2) is 4.98 Å². The summed E-state index contributed by atoms with van der Waals surface area (Å²) in [5.41, 5.74) is 0.372. The Morgan fingerprint density at radius 1 is 1.27 bits per heavy atom. The average molecular weight is 357 g/mol. The summed E-state index contributed by atoms with van der Waals surface area (Å²) in [4.78, 5) is 40.3.